The first-order valence-corrected chi connectivity index (χ1v) is 7.83. The lowest BCUT2D eigenvalue weighted by atomic mass is 9.94. The van der Waals surface area contributed by atoms with E-state index in [1.54, 1.807) is 0 Å². The van der Waals surface area contributed by atoms with Crippen LogP contribution in [-0.2, 0) is 4.79 Å². The third kappa shape index (κ3) is 11.8. The Kier molecular flexibility index (Phi) is 12.0. The smallest absolute Gasteiger partial charge is 0.314 e. The van der Waals surface area contributed by atoms with E-state index in [2.05, 4.69) is 24.5 Å². The molecule has 0 saturated carbocycles. The lowest BCUT2D eigenvalue weighted by Gasteiger charge is -2.15. The molecule has 5 heteroatoms. The molecule has 0 saturated heterocycles. The lowest BCUT2D eigenvalue weighted by Crippen LogP contribution is -2.37. The van der Waals surface area contributed by atoms with Crippen molar-refractivity contribution in [3.63, 3.8) is 0 Å². The van der Waals surface area contributed by atoms with Crippen LogP contribution in [0.5, 0.6) is 0 Å². The fourth-order valence-corrected chi connectivity index (χ4v) is 2.20. The molecular formula is C15H30N2O3. The van der Waals surface area contributed by atoms with E-state index in [4.69, 9.17) is 5.11 Å². The van der Waals surface area contributed by atoms with Crippen LogP contribution in [-0.4, -0.2) is 30.2 Å². The first kappa shape index (κ1) is 18.7. The van der Waals surface area contributed by atoms with Crippen molar-refractivity contribution in [2.24, 2.45) is 5.92 Å². The zero-order valence-electron chi connectivity index (χ0n) is 12.9. The van der Waals surface area contributed by atoms with Crippen LogP contribution in [0.2, 0.25) is 0 Å². The van der Waals surface area contributed by atoms with Crippen molar-refractivity contribution < 1.29 is 14.7 Å². The lowest BCUT2D eigenvalue weighted by molar-refractivity contribution is -0.137. The van der Waals surface area contributed by atoms with Crippen LogP contribution in [0.4, 0.5) is 4.79 Å². The van der Waals surface area contributed by atoms with Gasteiger partial charge >= 0.3 is 12.0 Å². The van der Waals surface area contributed by atoms with E-state index in [-0.39, 0.29) is 12.5 Å². The number of carboxylic acids is 1. The number of aliphatic carboxylic acids is 1. The van der Waals surface area contributed by atoms with E-state index in [0.29, 0.717) is 18.9 Å². The van der Waals surface area contributed by atoms with Crippen LogP contribution in [0.3, 0.4) is 0 Å². The summed E-state index contributed by atoms with van der Waals surface area (Å²) in [5.41, 5.74) is 0. The summed E-state index contributed by atoms with van der Waals surface area (Å²) < 4.78 is 0. The van der Waals surface area contributed by atoms with Gasteiger partial charge in [0.2, 0.25) is 0 Å². The van der Waals surface area contributed by atoms with Crippen LogP contribution < -0.4 is 10.6 Å². The summed E-state index contributed by atoms with van der Waals surface area (Å²) in [4.78, 5) is 22.1. The number of nitrogens with one attached hydrogen (secondary N) is 2. The summed E-state index contributed by atoms with van der Waals surface area (Å²) in [6.45, 7) is 5.56. The Balaban J connectivity index is 3.69. The van der Waals surface area contributed by atoms with Crippen molar-refractivity contribution in [2.45, 2.75) is 65.2 Å². The first-order valence-electron chi connectivity index (χ1n) is 7.83. The second-order valence-corrected chi connectivity index (χ2v) is 5.27. The first-order chi connectivity index (χ1) is 9.60. The van der Waals surface area contributed by atoms with Crippen molar-refractivity contribution in [1.82, 2.24) is 10.6 Å². The minimum atomic E-state index is -0.743. The maximum Gasteiger partial charge on any atom is 0.314 e. The Bertz CT molecular complexity index is 270. The number of amides is 2. The number of rotatable bonds is 12. The molecule has 0 aromatic rings. The molecule has 1 atom stereocenters. The Morgan fingerprint density at radius 1 is 0.950 bits per heavy atom. The van der Waals surface area contributed by atoms with E-state index >= 15 is 0 Å². The zero-order valence-corrected chi connectivity index (χ0v) is 12.9. The predicted octanol–water partition coefficient (Wildman–Crippen LogP) is 3.15. The van der Waals surface area contributed by atoms with E-state index < -0.39 is 5.97 Å². The van der Waals surface area contributed by atoms with Crippen molar-refractivity contribution in [3.8, 4) is 0 Å². The van der Waals surface area contributed by atoms with Gasteiger partial charge in [0, 0.05) is 19.5 Å². The van der Waals surface area contributed by atoms with Gasteiger partial charge in [0.15, 0.2) is 0 Å². The van der Waals surface area contributed by atoms with E-state index in [9.17, 15) is 9.59 Å². The van der Waals surface area contributed by atoms with Gasteiger partial charge in [0.25, 0.3) is 0 Å². The molecule has 0 aliphatic heterocycles. The fourth-order valence-electron chi connectivity index (χ4n) is 2.20. The molecule has 2 amide bonds. The van der Waals surface area contributed by atoms with Crippen molar-refractivity contribution in [1.29, 1.82) is 0 Å². The third-order valence-electron chi connectivity index (χ3n) is 3.37. The number of unbranched alkanes of at least 4 members (excludes halogenated alkanes) is 2. The van der Waals surface area contributed by atoms with Crippen molar-refractivity contribution in [2.75, 3.05) is 13.1 Å². The molecule has 0 aliphatic rings. The number of hydrogen-bond donors (Lipinski definition) is 3. The van der Waals surface area contributed by atoms with E-state index in [0.717, 1.165) is 45.1 Å². The summed E-state index contributed by atoms with van der Waals surface area (Å²) in [6.07, 6.45) is 7.13. The number of hydrogen-bond acceptors (Lipinski definition) is 2. The quantitative estimate of drug-likeness (QED) is 0.482. The second-order valence-electron chi connectivity index (χ2n) is 5.27. The highest BCUT2D eigenvalue weighted by molar-refractivity contribution is 5.73. The molecule has 0 fully saturated rings. The number of carbonyl (C=O) groups excluding carboxylic acids is 1. The molecule has 118 valence electrons. The summed E-state index contributed by atoms with van der Waals surface area (Å²) in [6, 6.07) is -0.116. The van der Waals surface area contributed by atoms with Gasteiger partial charge < -0.3 is 15.7 Å². The van der Waals surface area contributed by atoms with Gasteiger partial charge in [-0.2, -0.15) is 0 Å². The third-order valence-corrected chi connectivity index (χ3v) is 3.37. The van der Waals surface area contributed by atoms with Crippen LogP contribution in [0.15, 0.2) is 0 Å². The van der Waals surface area contributed by atoms with E-state index in [1.165, 1.54) is 0 Å². The molecule has 0 aromatic heterocycles. The Morgan fingerprint density at radius 2 is 1.65 bits per heavy atom. The number of carbonyl (C=O) groups is 2. The van der Waals surface area contributed by atoms with Gasteiger partial charge in [0.1, 0.15) is 0 Å². The number of carboxylic acid groups (broad SMARTS) is 1. The minimum absolute atomic E-state index is 0.116. The Labute approximate surface area is 122 Å². The summed E-state index contributed by atoms with van der Waals surface area (Å²) in [7, 11) is 0. The van der Waals surface area contributed by atoms with Crippen LogP contribution >= 0.6 is 0 Å². The number of urea groups is 1. The molecule has 1 unspecified atom stereocenters. The largest absolute Gasteiger partial charge is 0.481 e. The minimum Gasteiger partial charge on any atom is -0.481 e. The van der Waals surface area contributed by atoms with Crippen LogP contribution in [0.25, 0.3) is 0 Å². The van der Waals surface area contributed by atoms with Gasteiger partial charge in [-0.3, -0.25) is 4.79 Å². The molecule has 0 heterocycles. The average molecular weight is 286 g/mol. The summed E-state index contributed by atoms with van der Waals surface area (Å²) in [5.74, 6) is -0.357. The zero-order chi connectivity index (χ0) is 15.2. The second kappa shape index (κ2) is 12.8. The molecule has 20 heavy (non-hydrogen) atoms. The SMILES string of the molecule is CCCCCNC(=O)NCCC(CCC)CCC(=O)O. The van der Waals surface area contributed by atoms with E-state index in [1.807, 2.05) is 0 Å². The molecule has 0 radical (unpaired) electrons. The van der Waals surface area contributed by atoms with Gasteiger partial charge in [-0.25, -0.2) is 4.79 Å². The topological polar surface area (TPSA) is 78.4 Å². The molecule has 5 nitrogen and oxygen atoms in total. The van der Waals surface area contributed by atoms with Crippen LogP contribution in [0.1, 0.15) is 65.2 Å². The molecule has 0 aliphatic carbocycles. The summed E-state index contributed by atoms with van der Waals surface area (Å²) in [5, 5.41) is 14.4. The summed E-state index contributed by atoms with van der Waals surface area (Å²) >= 11 is 0. The van der Waals surface area contributed by atoms with Crippen molar-refractivity contribution >= 4 is 12.0 Å². The molecule has 0 aromatic carbocycles. The maximum absolute atomic E-state index is 11.5. The highest BCUT2D eigenvalue weighted by Crippen LogP contribution is 2.17. The van der Waals surface area contributed by atoms with Crippen LogP contribution in [0, 0.1) is 5.92 Å². The standard InChI is InChI=1S/C15H30N2O3/c1-3-5-6-11-16-15(20)17-12-10-13(7-4-2)8-9-14(18)19/h13H,3-12H2,1-2H3,(H,18,19)(H2,16,17,20). The highest BCUT2D eigenvalue weighted by atomic mass is 16.4. The van der Waals surface area contributed by atoms with Gasteiger partial charge in [-0.1, -0.05) is 39.5 Å². The molecule has 3 N–H and O–H groups in total. The fraction of sp³-hybridized carbons (Fsp3) is 0.867. The highest BCUT2D eigenvalue weighted by Gasteiger charge is 2.10. The normalized spacial score (nSPS) is 11.9. The Morgan fingerprint density at radius 3 is 2.25 bits per heavy atom. The van der Waals surface area contributed by atoms with Crippen molar-refractivity contribution in [3.05, 3.63) is 0 Å². The molecule has 0 bridgehead atoms. The maximum atomic E-state index is 11.5. The van der Waals surface area contributed by atoms with Gasteiger partial charge in [-0.15, -0.1) is 0 Å². The average Bonchev–Trinajstić information content (AvgIpc) is 2.41. The monoisotopic (exact) mass is 286 g/mol. The Hall–Kier alpha value is -1.26. The van der Waals surface area contributed by atoms with Gasteiger partial charge in [-0.05, 0) is 25.2 Å². The molecular weight excluding hydrogens is 256 g/mol. The molecule has 0 rings (SSSR count). The van der Waals surface area contributed by atoms with Gasteiger partial charge in [0.05, 0.1) is 0 Å². The predicted molar refractivity (Wildman–Crippen MR) is 80.8 cm³/mol. The molecule has 0 spiro atoms.